The summed E-state index contributed by atoms with van der Waals surface area (Å²) in [5.41, 5.74) is 4.01. The summed E-state index contributed by atoms with van der Waals surface area (Å²) in [5, 5.41) is 2.32. The third kappa shape index (κ3) is 4.73. The lowest BCUT2D eigenvalue weighted by Crippen LogP contribution is -2.59. The maximum atomic E-state index is 12.1. The molecule has 7 heteroatoms. The monoisotopic (exact) mass is 519 g/mol. The number of amides is 1. The molecule has 1 spiro atoms. The van der Waals surface area contributed by atoms with Gasteiger partial charge in [-0.2, -0.15) is 9.97 Å². The minimum absolute atomic E-state index is 0.00688. The van der Waals surface area contributed by atoms with Crippen molar-refractivity contribution in [2.45, 2.75) is 32.8 Å². The van der Waals surface area contributed by atoms with E-state index >= 15 is 0 Å². The molecule has 1 amide bonds. The van der Waals surface area contributed by atoms with E-state index in [1.54, 1.807) is 6.20 Å². The summed E-state index contributed by atoms with van der Waals surface area (Å²) >= 11 is 0. The molecule has 2 aliphatic heterocycles. The fraction of sp³-hybridized carbons (Fsp3) is 0.312. The number of pyridine rings is 1. The van der Waals surface area contributed by atoms with E-state index in [1.807, 2.05) is 23.1 Å². The highest BCUT2D eigenvalue weighted by Crippen LogP contribution is 2.45. The Morgan fingerprint density at radius 3 is 2.62 bits per heavy atom. The van der Waals surface area contributed by atoms with Crippen molar-refractivity contribution in [3.8, 4) is 17.3 Å². The maximum absolute atomic E-state index is 12.1. The molecule has 2 aromatic carbocycles. The van der Waals surface area contributed by atoms with Gasteiger partial charge < -0.3 is 14.5 Å². The number of benzene rings is 2. The molecule has 4 heterocycles. The molecule has 0 N–H and O–H groups in total. The number of carbonyl (C=O) groups excluding carboxylic acids is 1. The molecular weight excluding hydrogens is 486 g/mol. The Bertz CT molecular complexity index is 1520. The highest BCUT2D eigenvalue weighted by Gasteiger charge is 2.49. The number of anilines is 1. The molecular formula is C32H33N5O2. The van der Waals surface area contributed by atoms with Gasteiger partial charge in [-0.3, -0.25) is 9.78 Å². The van der Waals surface area contributed by atoms with Crippen LogP contribution in [0.3, 0.4) is 0 Å². The van der Waals surface area contributed by atoms with Gasteiger partial charge in [0.2, 0.25) is 5.91 Å². The van der Waals surface area contributed by atoms with Gasteiger partial charge in [-0.25, -0.2) is 0 Å². The number of hydrogen-bond donors (Lipinski definition) is 0. The van der Waals surface area contributed by atoms with E-state index in [4.69, 9.17) is 14.7 Å². The van der Waals surface area contributed by atoms with Crippen LogP contribution in [0.5, 0.6) is 6.01 Å². The van der Waals surface area contributed by atoms with E-state index < -0.39 is 0 Å². The van der Waals surface area contributed by atoms with Crippen molar-refractivity contribution in [3.63, 3.8) is 0 Å². The first-order valence-electron chi connectivity index (χ1n) is 13.6. The lowest BCUT2D eigenvalue weighted by Gasteiger charge is -2.47. The van der Waals surface area contributed by atoms with Crippen LogP contribution in [-0.4, -0.2) is 51.9 Å². The third-order valence-electron chi connectivity index (χ3n) is 7.88. The molecule has 6 rings (SSSR count). The predicted molar refractivity (Wildman–Crippen MR) is 154 cm³/mol. The molecule has 39 heavy (non-hydrogen) atoms. The van der Waals surface area contributed by atoms with Gasteiger partial charge in [0.15, 0.2) is 0 Å². The van der Waals surface area contributed by atoms with Gasteiger partial charge in [0.05, 0.1) is 11.4 Å². The Balaban J connectivity index is 1.42. The zero-order valence-corrected chi connectivity index (χ0v) is 22.5. The number of fused-ring (bicyclic) bond motifs is 1. The van der Waals surface area contributed by atoms with Crippen LogP contribution in [0.2, 0.25) is 0 Å². The number of hydrogen-bond acceptors (Lipinski definition) is 6. The molecule has 2 saturated heterocycles. The molecule has 7 nitrogen and oxygen atoms in total. The quantitative estimate of drug-likeness (QED) is 0.295. The molecule has 0 unspecified atom stereocenters. The van der Waals surface area contributed by atoms with Crippen LogP contribution >= 0.6 is 0 Å². The summed E-state index contributed by atoms with van der Waals surface area (Å²) in [5.74, 6) is 1.12. The SMILES string of the molecule is C=CC(=O)N1CC2(CCN(c3nc(OCc4ccccn4)nc(-c4cccc5ccccc45)c3C(C)C)C2)C1. The lowest BCUT2D eigenvalue weighted by atomic mass is 9.79. The van der Waals surface area contributed by atoms with E-state index in [2.05, 4.69) is 72.8 Å². The summed E-state index contributed by atoms with van der Waals surface area (Å²) in [6.07, 6.45) is 4.18. The van der Waals surface area contributed by atoms with Crippen molar-refractivity contribution in [1.82, 2.24) is 19.9 Å². The van der Waals surface area contributed by atoms with Crippen molar-refractivity contribution >= 4 is 22.5 Å². The van der Waals surface area contributed by atoms with Crippen LogP contribution in [0.15, 0.2) is 79.5 Å². The minimum Gasteiger partial charge on any atom is -0.457 e. The van der Waals surface area contributed by atoms with Crippen LogP contribution in [0.1, 0.15) is 37.4 Å². The van der Waals surface area contributed by atoms with Gasteiger partial charge in [-0.15, -0.1) is 0 Å². The van der Waals surface area contributed by atoms with E-state index in [1.165, 1.54) is 11.5 Å². The summed E-state index contributed by atoms with van der Waals surface area (Å²) < 4.78 is 6.18. The molecule has 2 aromatic heterocycles. The number of aromatic nitrogens is 3. The summed E-state index contributed by atoms with van der Waals surface area (Å²) in [7, 11) is 0. The molecule has 4 aromatic rings. The van der Waals surface area contributed by atoms with Crippen molar-refractivity contribution in [2.24, 2.45) is 5.41 Å². The average Bonchev–Trinajstić information content (AvgIpc) is 3.40. The minimum atomic E-state index is 0.00688. The van der Waals surface area contributed by atoms with Crippen molar-refractivity contribution in [2.75, 3.05) is 31.1 Å². The first-order chi connectivity index (χ1) is 19.0. The standard InChI is InChI=1S/C32H33N5O2/c1-4-27(38)37-20-32(21-37)15-17-36(19-32)30-28(22(2)3)29(26-14-9-11-23-10-5-6-13-25(23)26)34-31(35-30)39-18-24-12-7-8-16-33-24/h4-14,16,22H,1,15,17-21H2,2-3H3. The fourth-order valence-electron chi connectivity index (χ4n) is 5.96. The smallest absolute Gasteiger partial charge is 0.319 e. The van der Waals surface area contributed by atoms with Crippen LogP contribution in [-0.2, 0) is 11.4 Å². The highest BCUT2D eigenvalue weighted by atomic mass is 16.5. The maximum Gasteiger partial charge on any atom is 0.319 e. The van der Waals surface area contributed by atoms with Crippen molar-refractivity contribution in [3.05, 3.63) is 90.8 Å². The van der Waals surface area contributed by atoms with Crippen LogP contribution in [0.4, 0.5) is 5.82 Å². The molecule has 198 valence electrons. The number of carbonyl (C=O) groups is 1. The van der Waals surface area contributed by atoms with Gasteiger partial charge in [0, 0.05) is 48.9 Å². The molecule has 0 bridgehead atoms. The Kier molecular flexibility index (Phi) is 6.51. The Hall–Kier alpha value is -4.26. The van der Waals surface area contributed by atoms with Crippen LogP contribution in [0.25, 0.3) is 22.0 Å². The largest absolute Gasteiger partial charge is 0.457 e. The molecule has 0 aliphatic carbocycles. The van der Waals surface area contributed by atoms with Gasteiger partial charge in [0.25, 0.3) is 0 Å². The Morgan fingerprint density at radius 2 is 1.85 bits per heavy atom. The van der Waals surface area contributed by atoms with E-state index in [0.717, 1.165) is 66.3 Å². The second kappa shape index (κ2) is 10.1. The Morgan fingerprint density at radius 1 is 1.05 bits per heavy atom. The van der Waals surface area contributed by atoms with Crippen molar-refractivity contribution < 1.29 is 9.53 Å². The first-order valence-corrected chi connectivity index (χ1v) is 13.6. The molecule has 0 atom stereocenters. The highest BCUT2D eigenvalue weighted by molar-refractivity contribution is 5.97. The normalized spacial score (nSPS) is 16.1. The zero-order chi connectivity index (χ0) is 27.0. The number of ether oxygens (including phenoxy) is 1. The van der Waals surface area contributed by atoms with Crippen LogP contribution in [0, 0.1) is 5.41 Å². The molecule has 0 saturated carbocycles. The second-order valence-corrected chi connectivity index (χ2v) is 11.0. The van der Waals surface area contributed by atoms with E-state index in [-0.39, 0.29) is 17.2 Å². The second-order valence-electron chi connectivity index (χ2n) is 11.0. The fourth-order valence-corrected chi connectivity index (χ4v) is 5.96. The summed E-state index contributed by atoms with van der Waals surface area (Å²) in [4.78, 5) is 30.8. The van der Waals surface area contributed by atoms with Gasteiger partial charge >= 0.3 is 6.01 Å². The van der Waals surface area contributed by atoms with Gasteiger partial charge in [-0.05, 0) is 41.3 Å². The van der Waals surface area contributed by atoms with Gasteiger partial charge in [-0.1, -0.05) is 69.0 Å². The third-order valence-corrected chi connectivity index (χ3v) is 7.88. The van der Waals surface area contributed by atoms with Crippen molar-refractivity contribution in [1.29, 1.82) is 0 Å². The van der Waals surface area contributed by atoms with E-state index in [9.17, 15) is 4.79 Å². The molecule has 2 fully saturated rings. The van der Waals surface area contributed by atoms with Gasteiger partial charge in [0.1, 0.15) is 12.4 Å². The summed E-state index contributed by atoms with van der Waals surface area (Å²) in [6.45, 7) is 11.6. The van der Waals surface area contributed by atoms with Crippen LogP contribution < -0.4 is 9.64 Å². The number of nitrogens with zero attached hydrogens (tertiary/aromatic N) is 5. The van der Waals surface area contributed by atoms with E-state index in [0.29, 0.717) is 12.6 Å². The first kappa shape index (κ1) is 25.0. The lowest BCUT2D eigenvalue weighted by molar-refractivity contribution is -0.136. The molecule has 0 radical (unpaired) electrons. The summed E-state index contributed by atoms with van der Waals surface area (Å²) in [6, 6.07) is 20.9. The number of likely N-dealkylation sites (tertiary alicyclic amines) is 1. The predicted octanol–water partition coefficient (Wildman–Crippen LogP) is 5.62. The zero-order valence-electron chi connectivity index (χ0n) is 22.5. The average molecular weight is 520 g/mol. The topological polar surface area (TPSA) is 71.5 Å². The number of rotatable bonds is 7. The Labute approximate surface area is 229 Å². The molecule has 2 aliphatic rings.